The lowest BCUT2D eigenvalue weighted by molar-refractivity contribution is 0.225. The van der Waals surface area contributed by atoms with Gasteiger partial charge in [0.25, 0.3) is 0 Å². The van der Waals surface area contributed by atoms with Crippen molar-refractivity contribution in [3.8, 4) is 5.75 Å². The molecule has 0 N–H and O–H groups in total. The smallest absolute Gasteiger partial charge is 0.208 e. The molecule has 0 bridgehead atoms. The van der Waals surface area contributed by atoms with Crippen molar-refractivity contribution in [2.24, 2.45) is 0 Å². The van der Waals surface area contributed by atoms with Crippen molar-refractivity contribution in [1.29, 1.82) is 0 Å². The quantitative estimate of drug-likeness (QED) is 0.843. The molecule has 4 nitrogen and oxygen atoms in total. The summed E-state index contributed by atoms with van der Waals surface area (Å²) >= 11 is 7.67. The molecule has 0 radical (unpaired) electrons. The average Bonchev–Trinajstić information content (AvgIpc) is 3.06. The highest BCUT2D eigenvalue weighted by Gasteiger charge is 2.28. The van der Waals surface area contributed by atoms with Gasteiger partial charge in [0.15, 0.2) is 0 Å². The Morgan fingerprint density at radius 2 is 2.14 bits per heavy atom. The van der Waals surface area contributed by atoms with Crippen LogP contribution >= 0.6 is 22.9 Å². The van der Waals surface area contributed by atoms with E-state index in [4.69, 9.17) is 16.3 Å². The van der Waals surface area contributed by atoms with Crippen LogP contribution in [0, 0.1) is 0 Å². The molecule has 1 aliphatic heterocycles. The first-order valence-corrected chi connectivity index (χ1v) is 8.62. The molecule has 0 saturated carbocycles. The van der Waals surface area contributed by atoms with E-state index in [1.165, 1.54) is 0 Å². The second-order valence-electron chi connectivity index (χ2n) is 6.57. The minimum atomic E-state index is 0.0479. The predicted molar refractivity (Wildman–Crippen MR) is 91.3 cm³/mol. The van der Waals surface area contributed by atoms with E-state index < -0.39 is 0 Å². The van der Waals surface area contributed by atoms with Crippen LogP contribution in [0.15, 0.2) is 24.3 Å². The van der Waals surface area contributed by atoms with Crippen molar-refractivity contribution in [2.75, 3.05) is 18.0 Å². The number of ether oxygens (including phenoxy) is 1. The zero-order valence-electron chi connectivity index (χ0n) is 13.0. The van der Waals surface area contributed by atoms with Crippen molar-refractivity contribution >= 4 is 28.1 Å². The van der Waals surface area contributed by atoms with Crippen molar-refractivity contribution in [1.82, 2.24) is 10.2 Å². The van der Waals surface area contributed by atoms with Crippen LogP contribution in [-0.4, -0.2) is 29.4 Å². The van der Waals surface area contributed by atoms with E-state index in [-0.39, 0.29) is 11.5 Å². The summed E-state index contributed by atoms with van der Waals surface area (Å²) in [5.41, 5.74) is 0.0479. The highest BCUT2D eigenvalue weighted by atomic mass is 35.5. The third kappa shape index (κ3) is 3.52. The van der Waals surface area contributed by atoms with Crippen molar-refractivity contribution < 1.29 is 4.74 Å². The Morgan fingerprint density at radius 1 is 1.32 bits per heavy atom. The van der Waals surface area contributed by atoms with Crippen LogP contribution in [0.3, 0.4) is 0 Å². The summed E-state index contributed by atoms with van der Waals surface area (Å²) in [5, 5.41) is 11.4. The summed E-state index contributed by atoms with van der Waals surface area (Å²) < 4.78 is 6.01. The predicted octanol–water partition coefficient (Wildman–Crippen LogP) is 4.15. The average molecular weight is 338 g/mol. The SMILES string of the molecule is CC(C)(C)c1nnc(N2CCC(Oc3cccc(Cl)c3)C2)s1. The molecule has 2 aromatic rings. The van der Waals surface area contributed by atoms with E-state index >= 15 is 0 Å². The van der Waals surface area contributed by atoms with E-state index in [0.29, 0.717) is 5.02 Å². The standard InChI is InChI=1S/C16H20ClN3OS/c1-16(2,3)14-18-19-15(22-14)20-8-7-13(10-20)21-12-6-4-5-11(17)9-12/h4-6,9,13H,7-8,10H2,1-3H3. The van der Waals surface area contributed by atoms with Crippen LogP contribution in [0.2, 0.25) is 5.02 Å². The van der Waals surface area contributed by atoms with Gasteiger partial charge < -0.3 is 9.64 Å². The zero-order valence-corrected chi connectivity index (χ0v) is 14.6. The number of halogens is 1. The summed E-state index contributed by atoms with van der Waals surface area (Å²) in [5.74, 6) is 0.826. The Labute approximate surface area is 140 Å². The van der Waals surface area contributed by atoms with Crippen molar-refractivity contribution in [3.63, 3.8) is 0 Å². The number of anilines is 1. The summed E-state index contributed by atoms with van der Waals surface area (Å²) in [6.45, 7) is 8.26. The van der Waals surface area contributed by atoms with Crippen LogP contribution in [0.4, 0.5) is 5.13 Å². The van der Waals surface area contributed by atoms with Gasteiger partial charge >= 0.3 is 0 Å². The first-order chi connectivity index (χ1) is 10.4. The molecule has 1 saturated heterocycles. The number of rotatable bonds is 3. The van der Waals surface area contributed by atoms with Crippen LogP contribution in [0.25, 0.3) is 0 Å². The van der Waals surface area contributed by atoms with E-state index in [9.17, 15) is 0 Å². The number of nitrogens with zero attached hydrogens (tertiary/aromatic N) is 3. The van der Waals surface area contributed by atoms with E-state index in [1.54, 1.807) is 11.3 Å². The Kier molecular flexibility index (Phi) is 4.28. The minimum Gasteiger partial charge on any atom is -0.488 e. The maximum absolute atomic E-state index is 6.01. The van der Waals surface area contributed by atoms with Gasteiger partial charge in [-0.1, -0.05) is 49.8 Å². The topological polar surface area (TPSA) is 38.2 Å². The Balaban J connectivity index is 1.64. The Morgan fingerprint density at radius 3 is 2.82 bits per heavy atom. The fourth-order valence-corrected chi connectivity index (χ4v) is 3.49. The lowest BCUT2D eigenvalue weighted by Gasteiger charge is -2.16. The highest BCUT2D eigenvalue weighted by Crippen LogP contribution is 2.32. The summed E-state index contributed by atoms with van der Waals surface area (Å²) in [4.78, 5) is 2.25. The maximum Gasteiger partial charge on any atom is 0.208 e. The molecular formula is C16H20ClN3OS. The summed E-state index contributed by atoms with van der Waals surface area (Å²) in [6.07, 6.45) is 1.15. The third-order valence-corrected chi connectivity index (χ3v) is 5.22. The monoisotopic (exact) mass is 337 g/mol. The van der Waals surface area contributed by atoms with Crippen LogP contribution in [-0.2, 0) is 5.41 Å². The molecule has 0 aliphatic carbocycles. The Hall–Kier alpha value is -1.33. The highest BCUT2D eigenvalue weighted by molar-refractivity contribution is 7.15. The van der Waals surface area contributed by atoms with Gasteiger partial charge in [0.2, 0.25) is 5.13 Å². The molecule has 6 heteroatoms. The molecule has 1 aromatic carbocycles. The normalized spacial score (nSPS) is 18.7. The first kappa shape index (κ1) is 15.6. The molecule has 22 heavy (non-hydrogen) atoms. The van der Waals surface area contributed by atoms with Gasteiger partial charge in [-0.25, -0.2) is 0 Å². The molecule has 118 valence electrons. The van der Waals surface area contributed by atoms with Crippen molar-refractivity contribution in [2.45, 2.75) is 38.7 Å². The van der Waals surface area contributed by atoms with Crippen LogP contribution in [0.5, 0.6) is 5.75 Å². The Bertz CT molecular complexity index is 653. The van der Waals surface area contributed by atoms with Gasteiger partial charge in [-0.3, -0.25) is 0 Å². The second-order valence-corrected chi connectivity index (χ2v) is 7.96. The maximum atomic E-state index is 6.01. The fourth-order valence-electron chi connectivity index (χ4n) is 2.38. The lowest BCUT2D eigenvalue weighted by atomic mass is 9.98. The first-order valence-electron chi connectivity index (χ1n) is 7.43. The molecule has 1 unspecified atom stereocenters. The number of hydrogen-bond acceptors (Lipinski definition) is 5. The molecule has 3 rings (SSSR count). The third-order valence-electron chi connectivity index (χ3n) is 3.57. The van der Waals surface area contributed by atoms with E-state index in [0.717, 1.165) is 35.4 Å². The number of benzene rings is 1. The van der Waals surface area contributed by atoms with E-state index in [1.807, 2.05) is 24.3 Å². The van der Waals surface area contributed by atoms with Gasteiger partial charge in [0.1, 0.15) is 16.9 Å². The molecule has 0 amide bonds. The van der Waals surface area contributed by atoms with Crippen molar-refractivity contribution in [3.05, 3.63) is 34.3 Å². The van der Waals surface area contributed by atoms with Gasteiger partial charge in [0, 0.05) is 23.4 Å². The van der Waals surface area contributed by atoms with Gasteiger partial charge in [-0.05, 0) is 18.2 Å². The summed E-state index contributed by atoms with van der Waals surface area (Å²) in [7, 11) is 0. The molecular weight excluding hydrogens is 318 g/mol. The number of aromatic nitrogens is 2. The van der Waals surface area contributed by atoms with Gasteiger partial charge in [-0.2, -0.15) is 0 Å². The number of hydrogen-bond donors (Lipinski definition) is 0. The molecule has 1 aromatic heterocycles. The lowest BCUT2D eigenvalue weighted by Crippen LogP contribution is -2.24. The zero-order chi connectivity index (χ0) is 15.7. The van der Waals surface area contributed by atoms with Crippen LogP contribution < -0.4 is 9.64 Å². The van der Waals surface area contributed by atoms with Gasteiger partial charge in [-0.15, -0.1) is 10.2 Å². The van der Waals surface area contributed by atoms with E-state index in [2.05, 4.69) is 35.9 Å². The summed E-state index contributed by atoms with van der Waals surface area (Å²) in [6, 6.07) is 7.56. The molecule has 1 aliphatic rings. The minimum absolute atomic E-state index is 0.0479. The second kappa shape index (κ2) is 6.05. The largest absolute Gasteiger partial charge is 0.488 e. The van der Waals surface area contributed by atoms with Gasteiger partial charge in [0.05, 0.1) is 6.54 Å². The van der Waals surface area contributed by atoms with Crippen LogP contribution in [0.1, 0.15) is 32.2 Å². The molecule has 1 fully saturated rings. The molecule has 2 heterocycles. The molecule has 0 spiro atoms. The fraction of sp³-hybridized carbons (Fsp3) is 0.500. The molecule has 1 atom stereocenters.